The highest BCUT2D eigenvalue weighted by atomic mass is 35.5. The van der Waals surface area contributed by atoms with E-state index in [1.807, 2.05) is 0 Å². The van der Waals surface area contributed by atoms with E-state index < -0.39 is 22.4 Å². The summed E-state index contributed by atoms with van der Waals surface area (Å²) < 4.78 is 29.0. The van der Waals surface area contributed by atoms with E-state index in [4.69, 9.17) is 27.9 Å². The third kappa shape index (κ3) is 5.19. The van der Waals surface area contributed by atoms with E-state index >= 15 is 0 Å². The third-order valence-corrected chi connectivity index (χ3v) is 7.63. The molecule has 1 heterocycles. The molecule has 1 unspecified atom stereocenters. The average molecular weight is 448 g/mol. The van der Waals surface area contributed by atoms with Crippen LogP contribution in [0.2, 0.25) is 10.0 Å². The zero-order chi connectivity index (χ0) is 20.3. The van der Waals surface area contributed by atoms with Crippen molar-refractivity contribution in [2.24, 2.45) is 0 Å². The Labute approximate surface area is 175 Å². The third-order valence-electron chi connectivity index (χ3n) is 5.34. The van der Waals surface area contributed by atoms with E-state index in [1.165, 1.54) is 18.2 Å². The molecular weight excluding hydrogens is 425 g/mol. The van der Waals surface area contributed by atoms with Crippen LogP contribution in [0.4, 0.5) is 0 Å². The molecule has 0 spiro atoms. The molecule has 6 nitrogen and oxygen atoms in total. The molecule has 9 heteroatoms. The standard InChI is InChI=1S/C19H23Cl2NO5S/c20-13-6-7-16(17(21)10-13)19(24)27-11-18(23)22(14-4-2-1-3-5-14)15-8-9-28(25,26)12-15/h6-7,10,14-15H,1-5,8-9,11-12H2. The molecule has 2 fully saturated rings. The summed E-state index contributed by atoms with van der Waals surface area (Å²) in [5.74, 6) is -0.995. The van der Waals surface area contributed by atoms with Gasteiger partial charge in [0.05, 0.1) is 22.1 Å². The number of amides is 1. The van der Waals surface area contributed by atoms with Crippen LogP contribution in [0.5, 0.6) is 0 Å². The van der Waals surface area contributed by atoms with E-state index in [2.05, 4.69) is 0 Å². The summed E-state index contributed by atoms with van der Waals surface area (Å²) in [6.45, 7) is -0.440. The Morgan fingerprint density at radius 2 is 1.79 bits per heavy atom. The quantitative estimate of drug-likeness (QED) is 0.645. The Hall–Kier alpha value is -1.31. The van der Waals surface area contributed by atoms with Crippen molar-refractivity contribution in [1.82, 2.24) is 4.90 Å². The van der Waals surface area contributed by atoms with Gasteiger partial charge in [-0.2, -0.15) is 0 Å². The second kappa shape index (κ2) is 9.01. The summed E-state index contributed by atoms with van der Waals surface area (Å²) in [7, 11) is -3.13. The number of hydrogen-bond donors (Lipinski definition) is 0. The molecule has 154 valence electrons. The molecule has 28 heavy (non-hydrogen) atoms. The first-order valence-electron chi connectivity index (χ1n) is 9.40. The Morgan fingerprint density at radius 1 is 1.07 bits per heavy atom. The molecule has 1 amide bonds. The molecule has 1 aromatic rings. The summed E-state index contributed by atoms with van der Waals surface area (Å²) >= 11 is 11.8. The minimum absolute atomic E-state index is 0.00243. The number of benzene rings is 1. The maximum absolute atomic E-state index is 12.9. The van der Waals surface area contributed by atoms with Gasteiger partial charge in [-0.25, -0.2) is 13.2 Å². The maximum atomic E-state index is 12.9. The predicted molar refractivity (Wildman–Crippen MR) is 108 cm³/mol. The molecule has 1 aliphatic carbocycles. The van der Waals surface area contributed by atoms with Crippen LogP contribution in [0.15, 0.2) is 18.2 Å². The van der Waals surface area contributed by atoms with Crippen LogP contribution in [0.1, 0.15) is 48.9 Å². The first-order valence-corrected chi connectivity index (χ1v) is 12.0. The minimum atomic E-state index is -3.13. The van der Waals surface area contributed by atoms with Gasteiger partial charge in [0, 0.05) is 17.1 Å². The predicted octanol–water partition coefficient (Wildman–Crippen LogP) is 3.50. The number of halogens is 2. The zero-order valence-corrected chi connectivity index (χ0v) is 17.7. The smallest absolute Gasteiger partial charge is 0.340 e. The Balaban J connectivity index is 1.69. The fraction of sp³-hybridized carbons (Fsp3) is 0.579. The van der Waals surface area contributed by atoms with Crippen molar-refractivity contribution in [3.05, 3.63) is 33.8 Å². The first kappa shape index (κ1) is 21.4. The van der Waals surface area contributed by atoms with Crippen molar-refractivity contribution < 1.29 is 22.7 Å². The Bertz CT molecular complexity index is 852. The molecule has 0 radical (unpaired) electrons. The van der Waals surface area contributed by atoms with Crippen molar-refractivity contribution in [3.63, 3.8) is 0 Å². The lowest BCUT2D eigenvalue weighted by Gasteiger charge is -2.38. The summed E-state index contributed by atoms with van der Waals surface area (Å²) in [6, 6.07) is 4.04. The van der Waals surface area contributed by atoms with Gasteiger partial charge in [-0.15, -0.1) is 0 Å². The van der Waals surface area contributed by atoms with E-state index in [1.54, 1.807) is 4.90 Å². The van der Waals surface area contributed by atoms with Crippen LogP contribution in [0, 0.1) is 0 Å². The molecule has 0 bridgehead atoms. The van der Waals surface area contributed by atoms with Gasteiger partial charge < -0.3 is 9.64 Å². The second-order valence-corrected chi connectivity index (χ2v) is 10.4. The van der Waals surface area contributed by atoms with Gasteiger partial charge in [0.25, 0.3) is 5.91 Å². The molecule has 0 N–H and O–H groups in total. The summed E-state index contributed by atoms with van der Waals surface area (Å²) in [5.41, 5.74) is 0.131. The Morgan fingerprint density at radius 3 is 2.39 bits per heavy atom. The molecule has 1 saturated heterocycles. The van der Waals surface area contributed by atoms with Crippen molar-refractivity contribution in [1.29, 1.82) is 0 Å². The Kier molecular flexibility index (Phi) is 6.89. The zero-order valence-electron chi connectivity index (χ0n) is 15.4. The fourth-order valence-electron chi connectivity index (χ4n) is 3.99. The minimum Gasteiger partial charge on any atom is -0.452 e. The number of ether oxygens (including phenoxy) is 1. The highest BCUT2D eigenvalue weighted by Gasteiger charge is 2.38. The lowest BCUT2D eigenvalue weighted by atomic mass is 9.93. The lowest BCUT2D eigenvalue weighted by molar-refractivity contribution is -0.140. The van der Waals surface area contributed by atoms with Gasteiger partial charge in [-0.05, 0) is 37.5 Å². The summed E-state index contributed by atoms with van der Waals surface area (Å²) in [6.07, 6.45) is 5.26. The van der Waals surface area contributed by atoms with Gasteiger partial charge in [0.15, 0.2) is 16.4 Å². The highest BCUT2D eigenvalue weighted by Crippen LogP contribution is 2.28. The summed E-state index contributed by atoms with van der Waals surface area (Å²) in [4.78, 5) is 26.9. The van der Waals surface area contributed by atoms with Crippen molar-refractivity contribution in [2.75, 3.05) is 18.1 Å². The topological polar surface area (TPSA) is 80.8 Å². The largest absolute Gasteiger partial charge is 0.452 e. The van der Waals surface area contributed by atoms with Gasteiger partial charge in [0.2, 0.25) is 0 Å². The van der Waals surface area contributed by atoms with Crippen LogP contribution >= 0.6 is 23.2 Å². The first-order chi connectivity index (χ1) is 13.3. The lowest BCUT2D eigenvalue weighted by Crippen LogP contribution is -2.50. The molecule has 1 aromatic carbocycles. The van der Waals surface area contributed by atoms with Crippen molar-refractivity contribution in [2.45, 2.75) is 50.6 Å². The van der Waals surface area contributed by atoms with E-state index in [9.17, 15) is 18.0 Å². The monoisotopic (exact) mass is 447 g/mol. The van der Waals surface area contributed by atoms with Gasteiger partial charge in [-0.1, -0.05) is 42.5 Å². The highest BCUT2D eigenvalue weighted by molar-refractivity contribution is 7.91. The molecule has 0 aromatic heterocycles. The molecule has 1 aliphatic heterocycles. The summed E-state index contributed by atoms with van der Waals surface area (Å²) in [5, 5.41) is 0.541. The number of hydrogen-bond acceptors (Lipinski definition) is 5. The number of esters is 1. The molecular formula is C19H23Cl2NO5S. The SMILES string of the molecule is O=C(OCC(=O)N(C1CCCCC1)C1CCS(=O)(=O)C1)c1ccc(Cl)cc1Cl. The van der Waals surface area contributed by atoms with Crippen LogP contribution in [0.3, 0.4) is 0 Å². The molecule has 1 saturated carbocycles. The van der Waals surface area contributed by atoms with Gasteiger partial charge in [-0.3, -0.25) is 4.79 Å². The molecule has 3 rings (SSSR count). The normalized spacial score (nSPS) is 22.0. The van der Waals surface area contributed by atoms with Crippen LogP contribution in [0.25, 0.3) is 0 Å². The van der Waals surface area contributed by atoms with E-state index in [-0.39, 0.29) is 40.1 Å². The number of nitrogens with zero attached hydrogens (tertiary/aromatic N) is 1. The van der Waals surface area contributed by atoms with Crippen LogP contribution in [-0.4, -0.2) is 55.4 Å². The number of sulfone groups is 1. The fourth-order valence-corrected chi connectivity index (χ4v) is 6.19. The van der Waals surface area contributed by atoms with Crippen molar-refractivity contribution >= 4 is 44.9 Å². The second-order valence-electron chi connectivity index (χ2n) is 7.35. The maximum Gasteiger partial charge on any atom is 0.340 e. The number of carbonyl (C=O) groups excluding carboxylic acids is 2. The van der Waals surface area contributed by atoms with Crippen molar-refractivity contribution in [3.8, 4) is 0 Å². The molecule has 1 atom stereocenters. The van der Waals surface area contributed by atoms with Crippen LogP contribution < -0.4 is 0 Å². The number of rotatable bonds is 5. The van der Waals surface area contributed by atoms with Crippen LogP contribution in [-0.2, 0) is 19.4 Å². The van der Waals surface area contributed by atoms with Gasteiger partial charge in [0.1, 0.15) is 0 Å². The van der Waals surface area contributed by atoms with Gasteiger partial charge >= 0.3 is 5.97 Å². The average Bonchev–Trinajstić information content (AvgIpc) is 3.00. The van der Waals surface area contributed by atoms with E-state index in [0.717, 1.165) is 32.1 Å². The molecule has 2 aliphatic rings. The number of carbonyl (C=O) groups is 2. The van der Waals surface area contributed by atoms with E-state index in [0.29, 0.717) is 11.4 Å².